The number of nitrogens with zero attached hydrogens (tertiary/aromatic N) is 2. The molecule has 10 heteroatoms. The Bertz CT molecular complexity index is 1740. The van der Waals surface area contributed by atoms with Crippen molar-refractivity contribution >= 4 is 63.1 Å². The summed E-state index contributed by atoms with van der Waals surface area (Å²) in [6.07, 6.45) is 9.23. The lowest BCUT2D eigenvalue weighted by atomic mass is 9.97. The van der Waals surface area contributed by atoms with Crippen molar-refractivity contribution in [2.24, 2.45) is 0 Å². The van der Waals surface area contributed by atoms with E-state index < -0.39 is 0 Å². The zero-order valence-electron chi connectivity index (χ0n) is 28.9. The number of rotatable bonds is 10. The zero-order valence-corrected chi connectivity index (χ0v) is 30.5. The van der Waals surface area contributed by atoms with Gasteiger partial charge in [0.05, 0.1) is 17.4 Å². The van der Waals surface area contributed by atoms with Crippen molar-refractivity contribution in [3.05, 3.63) is 113 Å². The molecule has 1 saturated heterocycles. The first-order valence-corrected chi connectivity index (χ1v) is 18.1. The molecule has 6 amide bonds. The van der Waals surface area contributed by atoms with E-state index in [-0.39, 0.29) is 38.1 Å². The highest BCUT2D eigenvalue weighted by Gasteiger charge is 2.45. The summed E-state index contributed by atoms with van der Waals surface area (Å²) in [6, 6.07) is 21.9. The van der Waals surface area contributed by atoms with Gasteiger partial charge in [-0.05, 0) is 84.3 Å². The van der Waals surface area contributed by atoms with Crippen LogP contribution in [-0.2, 0) is 12.8 Å². The quantitative estimate of drug-likeness (QED) is 0.219. The second kappa shape index (κ2) is 15.1. The second-order valence-corrected chi connectivity index (χ2v) is 17.4. The highest BCUT2D eigenvalue weighted by Crippen LogP contribution is 2.32. The average molecular weight is 697 g/mol. The van der Waals surface area contributed by atoms with Crippen LogP contribution < -0.4 is 20.4 Å². The van der Waals surface area contributed by atoms with Gasteiger partial charge in [0.15, 0.2) is 0 Å². The van der Waals surface area contributed by atoms with Gasteiger partial charge in [-0.1, -0.05) is 120 Å². The number of carbonyl (C=O) groups excluding carboxylic acids is 4. The van der Waals surface area contributed by atoms with E-state index in [0.29, 0.717) is 24.2 Å². The number of nitrogens with one attached hydrogen (secondary N) is 2. The van der Waals surface area contributed by atoms with Crippen LogP contribution in [0.1, 0.15) is 71.1 Å². The minimum absolute atomic E-state index is 0.0161. The average Bonchev–Trinajstić information content (AvgIpc) is 3.04. The molecular formula is C39H44N4O4S2. The Labute approximate surface area is 297 Å². The molecule has 256 valence electrons. The standard InChI is InChI=1S/C39H44N4O4S2/c1-7-39(5,6)49-35(45)41-31-18-10-27(11-19-31)25-29-14-22-33(23-15-29)43-36(46)42(37(43)47)32-20-12-28(13-21-32)24-26-8-16-30(17-9-26)40-34(44)48-38(2,3)4/h8-16,18-23,30H,7,17,24-25H2,1-6H3,(H,40,44)(H,41,45). The molecule has 0 radical (unpaired) electrons. The highest BCUT2D eigenvalue weighted by molar-refractivity contribution is 8.15. The van der Waals surface area contributed by atoms with Gasteiger partial charge in [-0.15, -0.1) is 0 Å². The van der Waals surface area contributed by atoms with Gasteiger partial charge in [-0.3, -0.25) is 9.59 Å². The maximum atomic E-state index is 13.1. The summed E-state index contributed by atoms with van der Waals surface area (Å²) in [5.41, 5.74) is 6.15. The third-order valence-corrected chi connectivity index (χ3v) is 10.3. The third kappa shape index (κ3) is 9.67. The SMILES string of the molecule is CCC(C)(C)SC(=O)Nc1ccc(Cc2ccc(N3C(=O)N(c4ccc(CC5=CCC(NC(=O)SC(C)(C)C)C=C5)cc4)C3=O)cc2)cc1. The first kappa shape index (κ1) is 36.0. The smallest absolute Gasteiger partial charge is 0.340 e. The molecule has 2 aliphatic rings. The summed E-state index contributed by atoms with van der Waals surface area (Å²) in [5.74, 6) is 0. The maximum Gasteiger partial charge on any atom is 0.345 e. The number of thioether (sulfide) groups is 2. The molecule has 0 saturated carbocycles. The number of hydrogen-bond donors (Lipinski definition) is 2. The number of hydrogen-bond acceptors (Lipinski definition) is 6. The lowest BCUT2D eigenvalue weighted by Gasteiger charge is -2.38. The van der Waals surface area contributed by atoms with Crippen molar-refractivity contribution in [1.82, 2.24) is 5.32 Å². The van der Waals surface area contributed by atoms with Gasteiger partial charge in [-0.2, -0.15) is 0 Å². The van der Waals surface area contributed by atoms with E-state index in [2.05, 4.69) is 37.5 Å². The molecule has 1 heterocycles. The van der Waals surface area contributed by atoms with E-state index in [1.54, 1.807) is 24.3 Å². The third-order valence-electron chi connectivity index (χ3n) is 8.27. The molecule has 0 aromatic heterocycles. The minimum Gasteiger partial charge on any atom is -0.340 e. The molecular weight excluding hydrogens is 653 g/mol. The molecule has 8 nitrogen and oxygen atoms in total. The summed E-state index contributed by atoms with van der Waals surface area (Å²) in [6.45, 7) is 12.2. The predicted molar refractivity (Wildman–Crippen MR) is 204 cm³/mol. The highest BCUT2D eigenvalue weighted by atomic mass is 32.2. The monoisotopic (exact) mass is 696 g/mol. The molecule has 1 aliphatic carbocycles. The lowest BCUT2D eigenvalue weighted by Crippen LogP contribution is -2.64. The molecule has 0 bridgehead atoms. The van der Waals surface area contributed by atoms with Crippen molar-refractivity contribution in [1.29, 1.82) is 0 Å². The van der Waals surface area contributed by atoms with E-state index in [1.807, 2.05) is 81.5 Å². The van der Waals surface area contributed by atoms with E-state index in [0.717, 1.165) is 40.8 Å². The number of anilines is 3. The van der Waals surface area contributed by atoms with E-state index in [9.17, 15) is 19.2 Å². The van der Waals surface area contributed by atoms with Crippen LogP contribution in [0.4, 0.5) is 36.2 Å². The summed E-state index contributed by atoms with van der Waals surface area (Å²) in [7, 11) is 0. The molecule has 1 fully saturated rings. The van der Waals surface area contributed by atoms with Crippen LogP contribution in [0.15, 0.2) is 96.6 Å². The van der Waals surface area contributed by atoms with Crippen molar-refractivity contribution in [3.63, 3.8) is 0 Å². The Balaban J connectivity index is 1.10. The molecule has 0 spiro atoms. The fraction of sp³-hybridized carbons (Fsp3) is 0.333. The maximum absolute atomic E-state index is 13.1. The van der Waals surface area contributed by atoms with Gasteiger partial charge >= 0.3 is 12.1 Å². The van der Waals surface area contributed by atoms with Crippen LogP contribution in [0.3, 0.4) is 0 Å². The molecule has 5 rings (SSSR count). The molecule has 2 N–H and O–H groups in total. The van der Waals surface area contributed by atoms with Crippen molar-refractivity contribution in [3.8, 4) is 0 Å². The number of urea groups is 2. The lowest BCUT2D eigenvalue weighted by molar-refractivity contribution is 0.226. The Morgan fingerprint density at radius 3 is 1.71 bits per heavy atom. The summed E-state index contributed by atoms with van der Waals surface area (Å²) >= 11 is 2.60. The van der Waals surface area contributed by atoms with Crippen LogP contribution in [0.5, 0.6) is 0 Å². The van der Waals surface area contributed by atoms with Crippen LogP contribution in [0.2, 0.25) is 0 Å². The van der Waals surface area contributed by atoms with Crippen LogP contribution >= 0.6 is 23.5 Å². The topological polar surface area (TPSA) is 98.8 Å². The van der Waals surface area contributed by atoms with Crippen LogP contribution in [0, 0.1) is 0 Å². The largest absolute Gasteiger partial charge is 0.345 e. The van der Waals surface area contributed by atoms with Crippen LogP contribution in [-0.4, -0.2) is 38.1 Å². The first-order chi connectivity index (χ1) is 23.2. The fourth-order valence-electron chi connectivity index (χ4n) is 5.29. The summed E-state index contributed by atoms with van der Waals surface area (Å²) in [5, 5.41) is 5.90. The normalized spacial score (nSPS) is 16.3. The number of allylic oxidation sites excluding steroid dienone is 2. The molecule has 3 aromatic rings. The van der Waals surface area contributed by atoms with Gasteiger partial charge < -0.3 is 10.6 Å². The first-order valence-electron chi connectivity index (χ1n) is 16.5. The molecule has 49 heavy (non-hydrogen) atoms. The van der Waals surface area contributed by atoms with Crippen molar-refractivity contribution in [2.45, 2.75) is 82.8 Å². The molecule has 3 aromatic carbocycles. The van der Waals surface area contributed by atoms with E-state index >= 15 is 0 Å². The summed E-state index contributed by atoms with van der Waals surface area (Å²) < 4.78 is -0.245. The van der Waals surface area contributed by atoms with E-state index in [1.165, 1.54) is 33.3 Å². The number of amides is 6. The van der Waals surface area contributed by atoms with Crippen LogP contribution in [0.25, 0.3) is 0 Å². The Hall–Kier alpha value is -4.28. The molecule has 1 atom stereocenters. The zero-order chi connectivity index (χ0) is 35.3. The fourth-order valence-corrected chi connectivity index (χ4v) is 6.87. The van der Waals surface area contributed by atoms with Crippen molar-refractivity contribution < 1.29 is 19.2 Å². The number of imide groups is 2. The summed E-state index contributed by atoms with van der Waals surface area (Å²) in [4.78, 5) is 53.1. The second-order valence-electron chi connectivity index (χ2n) is 13.9. The minimum atomic E-state index is -0.390. The molecule has 1 unspecified atom stereocenters. The van der Waals surface area contributed by atoms with Gasteiger partial charge in [0.1, 0.15) is 0 Å². The number of benzene rings is 3. The Morgan fingerprint density at radius 1 is 0.735 bits per heavy atom. The Morgan fingerprint density at radius 2 is 1.24 bits per heavy atom. The van der Waals surface area contributed by atoms with Gasteiger partial charge in [-0.25, -0.2) is 19.4 Å². The van der Waals surface area contributed by atoms with E-state index in [4.69, 9.17) is 0 Å². The Kier molecular flexibility index (Phi) is 11.1. The number of carbonyl (C=O) groups is 4. The van der Waals surface area contributed by atoms with Gasteiger partial charge in [0, 0.05) is 15.2 Å². The van der Waals surface area contributed by atoms with Gasteiger partial charge in [0.2, 0.25) is 0 Å². The van der Waals surface area contributed by atoms with Crippen molar-refractivity contribution in [2.75, 3.05) is 15.1 Å². The molecule has 1 aliphatic heterocycles. The van der Waals surface area contributed by atoms with Gasteiger partial charge in [0.25, 0.3) is 10.5 Å². The predicted octanol–water partition coefficient (Wildman–Crippen LogP) is 10.3.